The maximum Gasteiger partial charge on any atom is 0.229 e. The van der Waals surface area contributed by atoms with Gasteiger partial charge in [0.1, 0.15) is 0 Å². The Morgan fingerprint density at radius 2 is 1.95 bits per heavy atom. The molecule has 19 heavy (non-hydrogen) atoms. The maximum atomic E-state index is 12.7. The van der Waals surface area contributed by atoms with Crippen molar-refractivity contribution < 1.29 is 4.79 Å². The standard InChI is InChI=1S/C16H20N2O/c1-11(2)18-10-16(15(3,4)14(18)19)9-17-13-8-6-5-7-12(13)16/h5-9,11H,10H2,1-4H3/t16-/m1/s1. The van der Waals surface area contributed by atoms with E-state index in [0.29, 0.717) is 0 Å². The Morgan fingerprint density at radius 3 is 2.58 bits per heavy atom. The minimum Gasteiger partial charge on any atom is -0.338 e. The van der Waals surface area contributed by atoms with Crippen molar-refractivity contribution >= 4 is 17.8 Å². The molecule has 1 amide bonds. The van der Waals surface area contributed by atoms with E-state index < -0.39 is 5.41 Å². The zero-order chi connectivity index (χ0) is 13.8. The van der Waals surface area contributed by atoms with E-state index in [9.17, 15) is 4.79 Å². The molecule has 3 rings (SSSR count). The van der Waals surface area contributed by atoms with E-state index in [4.69, 9.17) is 0 Å². The van der Waals surface area contributed by atoms with E-state index in [2.05, 4.69) is 24.9 Å². The molecule has 1 spiro atoms. The second-order valence-electron chi connectivity index (χ2n) is 6.40. The normalized spacial score (nSPS) is 27.6. The van der Waals surface area contributed by atoms with Crippen LogP contribution in [0.2, 0.25) is 0 Å². The van der Waals surface area contributed by atoms with Crippen LogP contribution in [0.4, 0.5) is 5.69 Å². The molecule has 0 radical (unpaired) electrons. The van der Waals surface area contributed by atoms with Crippen LogP contribution in [0.25, 0.3) is 0 Å². The first-order valence-corrected chi connectivity index (χ1v) is 6.86. The van der Waals surface area contributed by atoms with Crippen LogP contribution in [0.15, 0.2) is 29.3 Å². The molecule has 2 aliphatic rings. The summed E-state index contributed by atoms with van der Waals surface area (Å²) in [6, 6.07) is 8.40. The van der Waals surface area contributed by atoms with Crippen LogP contribution < -0.4 is 0 Å². The van der Waals surface area contributed by atoms with Crippen molar-refractivity contribution in [1.82, 2.24) is 4.90 Å². The molecule has 2 heterocycles. The van der Waals surface area contributed by atoms with Gasteiger partial charge in [-0.1, -0.05) is 18.2 Å². The summed E-state index contributed by atoms with van der Waals surface area (Å²) in [5, 5.41) is 0. The number of para-hydroxylation sites is 1. The van der Waals surface area contributed by atoms with Crippen molar-refractivity contribution in [1.29, 1.82) is 0 Å². The van der Waals surface area contributed by atoms with E-state index in [1.54, 1.807) is 0 Å². The van der Waals surface area contributed by atoms with Crippen molar-refractivity contribution in [3.05, 3.63) is 29.8 Å². The first kappa shape index (κ1) is 12.4. The van der Waals surface area contributed by atoms with Crippen LogP contribution in [0.1, 0.15) is 33.3 Å². The Hall–Kier alpha value is -1.64. The first-order valence-electron chi connectivity index (χ1n) is 6.86. The third-order valence-corrected chi connectivity index (χ3v) is 4.76. The van der Waals surface area contributed by atoms with E-state index in [0.717, 1.165) is 12.2 Å². The Morgan fingerprint density at radius 1 is 1.26 bits per heavy atom. The third-order valence-electron chi connectivity index (χ3n) is 4.76. The molecule has 1 saturated heterocycles. The second-order valence-corrected chi connectivity index (χ2v) is 6.40. The van der Waals surface area contributed by atoms with Gasteiger partial charge in [-0.2, -0.15) is 0 Å². The molecule has 3 heteroatoms. The molecule has 0 aliphatic carbocycles. The maximum absolute atomic E-state index is 12.7. The number of nitrogens with zero attached hydrogens (tertiary/aromatic N) is 2. The van der Waals surface area contributed by atoms with E-state index in [1.807, 2.05) is 43.2 Å². The highest BCUT2D eigenvalue weighted by atomic mass is 16.2. The molecule has 1 fully saturated rings. The summed E-state index contributed by atoms with van der Waals surface area (Å²) < 4.78 is 0. The van der Waals surface area contributed by atoms with Gasteiger partial charge in [0.25, 0.3) is 0 Å². The van der Waals surface area contributed by atoms with Gasteiger partial charge < -0.3 is 4.90 Å². The fourth-order valence-corrected chi connectivity index (χ4v) is 3.34. The van der Waals surface area contributed by atoms with Gasteiger partial charge in [-0.25, -0.2) is 0 Å². The van der Waals surface area contributed by atoms with Gasteiger partial charge in [0, 0.05) is 18.8 Å². The van der Waals surface area contributed by atoms with Crippen molar-refractivity contribution in [3.8, 4) is 0 Å². The number of carbonyl (C=O) groups is 1. The summed E-state index contributed by atoms with van der Waals surface area (Å²) in [7, 11) is 0. The zero-order valence-corrected chi connectivity index (χ0v) is 12.0. The number of carbonyl (C=O) groups excluding carboxylic acids is 1. The quantitative estimate of drug-likeness (QED) is 0.760. The van der Waals surface area contributed by atoms with Crippen molar-refractivity contribution in [3.63, 3.8) is 0 Å². The second kappa shape index (κ2) is 3.69. The summed E-state index contributed by atoms with van der Waals surface area (Å²) in [5.74, 6) is 0.227. The summed E-state index contributed by atoms with van der Waals surface area (Å²) in [6.07, 6.45) is 2.00. The van der Waals surface area contributed by atoms with Crippen molar-refractivity contribution in [2.24, 2.45) is 10.4 Å². The molecule has 0 unspecified atom stereocenters. The fraction of sp³-hybridized carbons (Fsp3) is 0.500. The number of rotatable bonds is 1. The first-order chi connectivity index (χ1) is 8.90. The van der Waals surface area contributed by atoms with Crippen molar-refractivity contribution in [2.45, 2.75) is 39.2 Å². The van der Waals surface area contributed by atoms with E-state index in [-0.39, 0.29) is 17.4 Å². The summed E-state index contributed by atoms with van der Waals surface area (Å²) in [6.45, 7) is 8.98. The van der Waals surface area contributed by atoms with E-state index >= 15 is 0 Å². The average molecular weight is 256 g/mol. The Kier molecular flexibility index (Phi) is 2.40. The van der Waals surface area contributed by atoms with E-state index in [1.165, 1.54) is 5.56 Å². The van der Waals surface area contributed by atoms with Gasteiger partial charge in [0.05, 0.1) is 16.5 Å². The SMILES string of the molecule is CC(C)N1C[C@@]2(C=Nc3ccccc32)C(C)(C)C1=O. The van der Waals surface area contributed by atoms with Crippen LogP contribution in [0, 0.1) is 5.41 Å². The average Bonchev–Trinajstić information content (AvgIpc) is 2.83. The predicted octanol–water partition coefficient (Wildman–Crippen LogP) is 2.92. The molecule has 3 nitrogen and oxygen atoms in total. The van der Waals surface area contributed by atoms with Crippen LogP contribution in [0.3, 0.4) is 0 Å². The molecule has 1 aromatic rings. The van der Waals surface area contributed by atoms with Crippen LogP contribution in [-0.4, -0.2) is 29.6 Å². The minimum absolute atomic E-state index is 0.227. The molecule has 0 aromatic heterocycles. The van der Waals surface area contributed by atoms with Crippen LogP contribution in [0.5, 0.6) is 0 Å². The van der Waals surface area contributed by atoms with Gasteiger partial charge >= 0.3 is 0 Å². The summed E-state index contributed by atoms with van der Waals surface area (Å²) >= 11 is 0. The van der Waals surface area contributed by atoms with Gasteiger partial charge in [0.2, 0.25) is 5.91 Å². The molecule has 0 bridgehead atoms. The highest BCUT2D eigenvalue weighted by molar-refractivity contribution is 5.99. The lowest BCUT2D eigenvalue weighted by Gasteiger charge is -2.33. The number of aliphatic imine (C=N–C) groups is 1. The molecule has 2 aliphatic heterocycles. The van der Waals surface area contributed by atoms with Crippen LogP contribution in [-0.2, 0) is 10.2 Å². The van der Waals surface area contributed by atoms with Crippen molar-refractivity contribution in [2.75, 3.05) is 6.54 Å². The molecular weight excluding hydrogens is 236 g/mol. The Balaban J connectivity index is 2.17. The topological polar surface area (TPSA) is 32.7 Å². The van der Waals surface area contributed by atoms with Crippen LogP contribution >= 0.6 is 0 Å². The van der Waals surface area contributed by atoms with Gasteiger partial charge in [-0.15, -0.1) is 0 Å². The Bertz CT molecular complexity index is 574. The third kappa shape index (κ3) is 1.38. The predicted molar refractivity (Wildman–Crippen MR) is 76.9 cm³/mol. The van der Waals surface area contributed by atoms with Gasteiger partial charge in [-0.3, -0.25) is 9.79 Å². The largest absolute Gasteiger partial charge is 0.338 e. The number of hydrogen-bond donors (Lipinski definition) is 0. The molecule has 0 saturated carbocycles. The fourth-order valence-electron chi connectivity index (χ4n) is 3.34. The molecule has 1 aromatic carbocycles. The number of likely N-dealkylation sites (tertiary alicyclic amines) is 1. The number of amides is 1. The molecule has 100 valence electrons. The molecular formula is C16H20N2O. The lowest BCUT2D eigenvalue weighted by molar-refractivity contribution is -0.136. The number of hydrogen-bond acceptors (Lipinski definition) is 2. The summed E-state index contributed by atoms with van der Waals surface area (Å²) in [5.41, 5.74) is 1.49. The smallest absolute Gasteiger partial charge is 0.229 e. The lowest BCUT2D eigenvalue weighted by atomic mass is 9.65. The summed E-state index contributed by atoms with van der Waals surface area (Å²) in [4.78, 5) is 19.2. The lowest BCUT2D eigenvalue weighted by Crippen LogP contribution is -2.42. The monoisotopic (exact) mass is 256 g/mol. The Labute approximate surface area is 114 Å². The zero-order valence-electron chi connectivity index (χ0n) is 12.0. The minimum atomic E-state index is -0.437. The molecule has 0 N–H and O–H groups in total. The molecule has 1 atom stereocenters. The number of benzene rings is 1. The van der Waals surface area contributed by atoms with Gasteiger partial charge in [-0.05, 0) is 39.3 Å². The highest BCUT2D eigenvalue weighted by Crippen LogP contribution is 2.53. The number of fused-ring (bicyclic) bond motifs is 2. The van der Waals surface area contributed by atoms with Gasteiger partial charge in [0.15, 0.2) is 0 Å². The highest BCUT2D eigenvalue weighted by Gasteiger charge is 2.60.